The first kappa shape index (κ1) is 13.6. The highest BCUT2D eigenvalue weighted by molar-refractivity contribution is 6.00. The number of benzene rings is 1. The van der Waals surface area contributed by atoms with Crippen LogP contribution in [0.1, 0.15) is 56.9 Å². The van der Waals surface area contributed by atoms with Gasteiger partial charge in [-0.15, -0.1) is 0 Å². The van der Waals surface area contributed by atoms with Gasteiger partial charge >= 0.3 is 0 Å². The maximum atomic E-state index is 12.4. The summed E-state index contributed by atoms with van der Waals surface area (Å²) in [5.74, 6) is 1.68. The summed E-state index contributed by atoms with van der Waals surface area (Å²) < 4.78 is 0. The highest BCUT2D eigenvalue weighted by atomic mass is 16.1. The number of carbonyl (C=O) groups excluding carboxylic acids is 1. The van der Waals surface area contributed by atoms with Gasteiger partial charge in [0.15, 0.2) is 5.78 Å². The van der Waals surface area contributed by atoms with Crippen molar-refractivity contribution in [1.82, 2.24) is 0 Å². The van der Waals surface area contributed by atoms with Crippen LogP contribution in [0.5, 0.6) is 0 Å². The van der Waals surface area contributed by atoms with Crippen molar-refractivity contribution in [3.8, 4) is 0 Å². The van der Waals surface area contributed by atoms with Crippen LogP contribution in [0.4, 0.5) is 0 Å². The van der Waals surface area contributed by atoms with Gasteiger partial charge in [-0.05, 0) is 54.7 Å². The summed E-state index contributed by atoms with van der Waals surface area (Å²) in [4.78, 5) is 12.4. The summed E-state index contributed by atoms with van der Waals surface area (Å²) in [6, 6.07) is 10.3. The van der Waals surface area contributed by atoms with Crippen LogP contribution >= 0.6 is 0 Å². The Morgan fingerprint density at radius 1 is 0.900 bits per heavy atom. The van der Waals surface area contributed by atoms with Crippen molar-refractivity contribution in [3.05, 3.63) is 41.5 Å². The van der Waals surface area contributed by atoms with E-state index in [0.717, 1.165) is 24.3 Å². The molecule has 1 nitrogen and oxygen atoms in total. The molecule has 0 N–H and O–H groups in total. The Balaban J connectivity index is 1.86. The van der Waals surface area contributed by atoms with E-state index in [1.54, 1.807) is 0 Å². The third kappa shape index (κ3) is 3.03. The first-order chi connectivity index (χ1) is 9.84. The number of rotatable bonds is 2. The van der Waals surface area contributed by atoms with E-state index in [2.05, 4.69) is 30.3 Å². The molecule has 1 atom stereocenters. The second-order valence-electron chi connectivity index (χ2n) is 6.33. The summed E-state index contributed by atoms with van der Waals surface area (Å²) in [6.07, 6.45) is 12.0. The van der Waals surface area contributed by atoms with Gasteiger partial charge in [-0.25, -0.2) is 0 Å². The van der Waals surface area contributed by atoms with Crippen LogP contribution in [0.3, 0.4) is 0 Å². The molecular weight excluding hydrogens is 244 g/mol. The highest BCUT2D eigenvalue weighted by Gasteiger charge is 2.32. The van der Waals surface area contributed by atoms with Crippen LogP contribution < -0.4 is 0 Å². The summed E-state index contributed by atoms with van der Waals surface area (Å²) >= 11 is 0. The van der Waals surface area contributed by atoms with E-state index < -0.39 is 0 Å². The van der Waals surface area contributed by atoms with Crippen LogP contribution in [0.15, 0.2) is 35.9 Å². The van der Waals surface area contributed by atoms with E-state index in [0.29, 0.717) is 11.7 Å². The Hall–Kier alpha value is -1.37. The number of ketones is 1. The Labute approximate surface area is 122 Å². The highest BCUT2D eigenvalue weighted by Crippen LogP contribution is 2.40. The van der Waals surface area contributed by atoms with Crippen LogP contribution in [0.25, 0.3) is 6.08 Å². The summed E-state index contributed by atoms with van der Waals surface area (Å²) in [6.45, 7) is 0. The maximum Gasteiger partial charge on any atom is 0.159 e. The first-order valence-electron chi connectivity index (χ1n) is 8.14. The van der Waals surface area contributed by atoms with E-state index in [9.17, 15) is 4.79 Å². The van der Waals surface area contributed by atoms with E-state index >= 15 is 0 Å². The molecular formula is C19H24O. The molecule has 0 aliphatic heterocycles. The molecule has 0 radical (unpaired) electrons. The molecule has 1 aromatic rings. The molecule has 1 heteroatoms. The van der Waals surface area contributed by atoms with Gasteiger partial charge in [0.25, 0.3) is 0 Å². The smallest absolute Gasteiger partial charge is 0.159 e. The molecule has 0 heterocycles. The molecule has 2 fully saturated rings. The molecule has 2 saturated carbocycles. The van der Waals surface area contributed by atoms with Gasteiger partial charge < -0.3 is 0 Å². The number of allylic oxidation sites excluding steroid dienone is 1. The molecule has 0 amide bonds. The number of hydrogen-bond donors (Lipinski definition) is 0. The van der Waals surface area contributed by atoms with Gasteiger partial charge in [-0.3, -0.25) is 4.79 Å². The molecule has 2 aliphatic carbocycles. The summed E-state index contributed by atoms with van der Waals surface area (Å²) in [7, 11) is 0. The lowest BCUT2D eigenvalue weighted by atomic mass is 9.70. The third-order valence-corrected chi connectivity index (χ3v) is 4.98. The predicted molar refractivity (Wildman–Crippen MR) is 83.3 cm³/mol. The molecule has 0 spiro atoms. The fraction of sp³-hybridized carbons (Fsp3) is 0.526. The lowest BCUT2D eigenvalue weighted by Crippen LogP contribution is -2.27. The molecule has 0 bridgehead atoms. The van der Waals surface area contributed by atoms with E-state index in [4.69, 9.17) is 0 Å². The van der Waals surface area contributed by atoms with Crippen molar-refractivity contribution in [3.63, 3.8) is 0 Å². The monoisotopic (exact) mass is 268 g/mol. The molecule has 1 aromatic carbocycles. The molecule has 0 saturated heterocycles. The SMILES string of the molecule is O=C1CCCC(C2CCCCC2)C1=Cc1ccccc1. The van der Waals surface area contributed by atoms with Crippen molar-refractivity contribution >= 4 is 11.9 Å². The van der Waals surface area contributed by atoms with Crippen molar-refractivity contribution in [2.24, 2.45) is 11.8 Å². The lowest BCUT2D eigenvalue weighted by molar-refractivity contribution is -0.117. The fourth-order valence-corrected chi connectivity index (χ4v) is 3.93. The molecule has 1 unspecified atom stereocenters. The maximum absolute atomic E-state index is 12.4. The average Bonchev–Trinajstić information content (AvgIpc) is 2.51. The van der Waals surface area contributed by atoms with Gasteiger partial charge in [0.05, 0.1) is 0 Å². The first-order valence-corrected chi connectivity index (χ1v) is 8.14. The minimum atomic E-state index is 0.399. The van der Waals surface area contributed by atoms with Crippen molar-refractivity contribution in [2.75, 3.05) is 0 Å². The van der Waals surface area contributed by atoms with Crippen LogP contribution in [0.2, 0.25) is 0 Å². The molecule has 0 aromatic heterocycles. The number of Topliss-reactive ketones (excluding diaryl/α,β-unsaturated/α-hetero) is 1. The second kappa shape index (κ2) is 6.39. The standard InChI is InChI=1S/C19H24O/c20-19-13-7-12-17(16-10-5-2-6-11-16)18(19)14-15-8-3-1-4-9-15/h1,3-4,8-9,14,16-17H,2,5-7,10-13H2. The predicted octanol–water partition coefficient (Wildman–Crippen LogP) is 5.02. The summed E-state index contributed by atoms with van der Waals surface area (Å²) in [5, 5.41) is 0. The molecule has 106 valence electrons. The van der Waals surface area contributed by atoms with Crippen molar-refractivity contribution < 1.29 is 4.79 Å². The van der Waals surface area contributed by atoms with Crippen LogP contribution in [0, 0.1) is 11.8 Å². The van der Waals surface area contributed by atoms with Gasteiger partial charge in [0.2, 0.25) is 0 Å². The van der Waals surface area contributed by atoms with Gasteiger partial charge in [-0.2, -0.15) is 0 Å². The molecule has 20 heavy (non-hydrogen) atoms. The van der Waals surface area contributed by atoms with Crippen LogP contribution in [-0.2, 0) is 4.79 Å². The van der Waals surface area contributed by atoms with Gasteiger partial charge in [0, 0.05) is 6.42 Å². The van der Waals surface area contributed by atoms with Crippen LogP contribution in [-0.4, -0.2) is 5.78 Å². The normalized spacial score (nSPS) is 26.9. The minimum absolute atomic E-state index is 0.399. The van der Waals surface area contributed by atoms with Crippen molar-refractivity contribution in [1.29, 1.82) is 0 Å². The van der Waals surface area contributed by atoms with Gasteiger partial charge in [-0.1, -0.05) is 49.6 Å². The van der Waals surface area contributed by atoms with E-state index in [1.165, 1.54) is 44.1 Å². The summed E-state index contributed by atoms with van der Waals surface area (Å²) in [5.41, 5.74) is 2.30. The second-order valence-corrected chi connectivity index (χ2v) is 6.33. The largest absolute Gasteiger partial charge is 0.295 e. The minimum Gasteiger partial charge on any atom is -0.295 e. The third-order valence-electron chi connectivity index (χ3n) is 4.98. The Morgan fingerprint density at radius 3 is 2.40 bits per heavy atom. The number of hydrogen-bond acceptors (Lipinski definition) is 1. The molecule has 3 rings (SSSR count). The topological polar surface area (TPSA) is 17.1 Å². The Morgan fingerprint density at radius 2 is 1.65 bits per heavy atom. The fourth-order valence-electron chi connectivity index (χ4n) is 3.93. The zero-order valence-electron chi connectivity index (χ0n) is 12.2. The zero-order valence-corrected chi connectivity index (χ0v) is 12.2. The lowest BCUT2D eigenvalue weighted by Gasteiger charge is -2.34. The molecule has 2 aliphatic rings. The van der Waals surface area contributed by atoms with Crippen molar-refractivity contribution in [2.45, 2.75) is 51.4 Å². The van der Waals surface area contributed by atoms with Gasteiger partial charge in [0.1, 0.15) is 0 Å². The Kier molecular flexibility index (Phi) is 4.34. The quantitative estimate of drug-likeness (QED) is 0.688. The average molecular weight is 268 g/mol. The Bertz CT molecular complexity index is 480. The van der Waals surface area contributed by atoms with E-state index in [-0.39, 0.29) is 0 Å². The zero-order chi connectivity index (χ0) is 13.8. The van der Waals surface area contributed by atoms with E-state index in [1.807, 2.05) is 6.07 Å². The number of carbonyl (C=O) groups is 1.